The predicted octanol–water partition coefficient (Wildman–Crippen LogP) is 1.87. The van der Waals surface area contributed by atoms with Crippen LogP contribution in [-0.2, 0) is 10.2 Å². The quantitative estimate of drug-likeness (QED) is 0.870. The monoisotopic (exact) mass is 324 g/mol. The van der Waals surface area contributed by atoms with Crippen molar-refractivity contribution in [1.82, 2.24) is 15.1 Å². The summed E-state index contributed by atoms with van der Waals surface area (Å²) >= 11 is 0. The zero-order chi connectivity index (χ0) is 16.9. The second-order valence-electron chi connectivity index (χ2n) is 6.73. The van der Waals surface area contributed by atoms with Gasteiger partial charge >= 0.3 is 0 Å². The maximum absolute atomic E-state index is 13.0. The highest BCUT2D eigenvalue weighted by Gasteiger charge is 2.52. The molecule has 4 rings (SSSR count). The Hall–Kier alpha value is -2.63. The summed E-state index contributed by atoms with van der Waals surface area (Å²) < 4.78 is 0. The number of nitrogens with one attached hydrogen (secondary N) is 1. The molecule has 124 valence electrons. The van der Waals surface area contributed by atoms with Gasteiger partial charge in [0.2, 0.25) is 5.91 Å². The van der Waals surface area contributed by atoms with Crippen molar-refractivity contribution < 1.29 is 9.59 Å². The minimum atomic E-state index is -0.620. The molecule has 0 radical (unpaired) electrons. The fraction of sp³-hybridized carbons (Fsp3) is 0.389. The Morgan fingerprint density at radius 3 is 2.88 bits per heavy atom. The third kappa shape index (κ3) is 1.99. The lowest BCUT2D eigenvalue weighted by molar-refractivity contribution is -0.124. The van der Waals surface area contributed by atoms with Crippen LogP contribution in [0.5, 0.6) is 0 Å². The zero-order valence-electron chi connectivity index (χ0n) is 13.9. The van der Waals surface area contributed by atoms with Gasteiger partial charge in [-0.15, -0.1) is 0 Å². The minimum absolute atomic E-state index is 0.0828. The lowest BCUT2D eigenvalue weighted by Crippen LogP contribution is -2.53. The number of likely N-dealkylation sites (tertiary alicyclic amines) is 1. The lowest BCUT2D eigenvalue weighted by Gasteiger charge is -2.39. The summed E-state index contributed by atoms with van der Waals surface area (Å²) in [6.45, 7) is 2.94. The van der Waals surface area contributed by atoms with E-state index in [1.54, 1.807) is 15.9 Å². The fourth-order valence-corrected chi connectivity index (χ4v) is 4.03. The lowest BCUT2D eigenvalue weighted by atomic mass is 9.75. The first-order chi connectivity index (χ1) is 11.5. The zero-order valence-corrected chi connectivity index (χ0v) is 13.9. The number of hydrogen-bond donors (Lipinski definition) is 1. The fourth-order valence-electron chi connectivity index (χ4n) is 4.03. The molecule has 2 amide bonds. The molecule has 0 aliphatic carbocycles. The van der Waals surface area contributed by atoms with Gasteiger partial charge in [0, 0.05) is 31.5 Å². The van der Waals surface area contributed by atoms with Crippen molar-refractivity contribution in [3.05, 3.63) is 47.3 Å². The van der Waals surface area contributed by atoms with Gasteiger partial charge in [-0.3, -0.25) is 14.7 Å². The number of carbonyl (C=O) groups is 2. The van der Waals surface area contributed by atoms with E-state index in [-0.39, 0.29) is 11.8 Å². The number of H-pyrrole nitrogens is 1. The van der Waals surface area contributed by atoms with E-state index in [4.69, 9.17) is 0 Å². The summed E-state index contributed by atoms with van der Waals surface area (Å²) in [4.78, 5) is 29.3. The number of piperidine rings is 1. The summed E-state index contributed by atoms with van der Waals surface area (Å²) in [5, 5.41) is 6.88. The number of fused-ring (bicyclic) bond motifs is 2. The molecular formula is C18H20N4O2. The largest absolute Gasteiger partial charge is 0.336 e. The van der Waals surface area contributed by atoms with Crippen LogP contribution in [0.4, 0.5) is 5.69 Å². The number of aromatic amines is 1. The van der Waals surface area contributed by atoms with Crippen LogP contribution in [0.2, 0.25) is 0 Å². The van der Waals surface area contributed by atoms with E-state index in [1.165, 1.54) is 0 Å². The maximum atomic E-state index is 13.0. The summed E-state index contributed by atoms with van der Waals surface area (Å²) in [6, 6.07) is 9.65. The summed E-state index contributed by atoms with van der Waals surface area (Å²) in [5.74, 6) is -0.0299. The molecule has 1 fully saturated rings. The first kappa shape index (κ1) is 14.9. The molecule has 2 aliphatic rings. The highest BCUT2D eigenvalue weighted by molar-refractivity contribution is 6.08. The second kappa shape index (κ2) is 5.19. The molecule has 0 saturated carbocycles. The molecule has 1 atom stereocenters. The van der Waals surface area contributed by atoms with Crippen LogP contribution in [0, 0.1) is 6.92 Å². The number of anilines is 1. The Morgan fingerprint density at radius 1 is 1.33 bits per heavy atom. The average molecular weight is 324 g/mol. The number of amides is 2. The summed E-state index contributed by atoms with van der Waals surface area (Å²) in [5.41, 5.74) is 2.63. The molecule has 24 heavy (non-hydrogen) atoms. The number of aryl methyl sites for hydroxylation is 1. The van der Waals surface area contributed by atoms with Crippen LogP contribution in [0.1, 0.15) is 34.6 Å². The van der Waals surface area contributed by atoms with Crippen molar-refractivity contribution in [3.63, 3.8) is 0 Å². The van der Waals surface area contributed by atoms with Crippen molar-refractivity contribution >= 4 is 17.5 Å². The number of para-hydroxylation sites is 1. The molecule has 1 aromatic carbocycles. The Balaban J connectivity index is 1.70. The van der Waals surface area contributed by atoms with Gasteiger partial charge in [-0.05, 0) is 37.5 Å². The van der Waals surface area contributed by atoms with Crippen molar-refractivity contribution in [2.24, 2.45) is 0 Å². The number of rotatable bonds is 1. The summed E-state index contributed by atoms with van der Waals surface area (Å²) in [7, 11) is 1.81. The van der Waals surface area contributed by atoms with Gasteiger partial charge in [-0.1, -0.05) is 18.2 Å². The van der Waals surface area contributed by atoms with Crippen LogP contribution in [0.25, 0.3) is 0 Å². The van der Waals surface area contributed by atoms with Gasteiger partial charge in [-0.25, -0.2) is 0 Å². The van der Waals surface area contributed by atoms with Crippen LogP contribution >= 0.6 is 0 Å². The highest BCUT2D eigenvalue weighted by Crippen LogP contribution is 2.46. The average Bonchev–Trinajstić information content (AvgIpc) is 3.12. The van der Waals surface area contributed by atoms with Crippen LogP contribution in [0.15, 0.2) is 30.3 Å². The third-order valence-corrected chi connectivity index (χ3v) is 5.20. The molecule has 1 saturated heterocycles. The molecule has 3 heterocycles. The molecule has 1 N–H and O–H groups in total. The number of nitrogens with zero attached hydrogens (tertiary/aromatic N) is 3. The topological polar surface area (TPSA) is 69.3 Å². The SMILES string of the molecule is Cc1cc(C(=O)N2CCCC3(C2)C(=O)N(C)c2ccccc23)n[nH]1. The number of benzene rings is 1. The first-order valence-electron chi connectivity index (χ1n) is 8.22. The van der Waals surface area contributed by atoms with Crippen LogP contribution in [-0.4, -0.2) is 47.0 Å². The molecule has 6 nitrogen and oxygen atoms in total. The normalized spacial score (nSPS) is 23.0. The molecular weight excluding hydrogens is 304 g/mol. The Labute approximate surface area is 140 Å². The maximum Gasteiger partial charge on any atom is 0.274 e. The Morgan fingerprint density at radius 2 is 2.12 bits per heavy atom. The molecule has 1 unspecified atom stereocenters. The van der Waals surface area contributed by atoms with Gasteiger partial charge < -0.3 is 9.80 Å². The summed E-state index contributed by atoms with van der Waals surface area (Å²) in [6.07, 6.45) is 1.58. The van der Waals surface area contributed by atoms with Gasteiger partial charge in [0.05, 0.1) is 5.41 Å². The smallest absolute Gasteiger partial charge is 0.274 e. The highest BCUT2D eigenvalue weighted by atomic mass is 16.2. The van der Waals surface area contributed by atoms with Crippen molar-refractivity contribution in [3.8, 4) is 0 Å². The first-order valence-corrected chi connectivity index (χ1v) is 8.22. The van der Waals surface area contributed by atoms with E-state index >= 15 is 0 Å². The predicted molar refractivity (Wildman–Crippen MR) is 90.0 cm³/mol. The van der Waals surface area contributed by atoms with Gasteiger partial charge in [-0.2, -0.15) is 5.10 Å². The van der Waals surface area contributed by atoms with Crippen LogP contribution in [0.3, 0.4) is 0 Å². The molecule has 1 spiro atoms. The Kier molecular flexibility index (Phi) is 3.23. The number of aromatic nitrogens is 2. The number of hydrogen-bond acceptors (Lipinski definition) is 3. The van der Waals surface area contributed by atoms with Gasteiger partial charge in [0.25, 0.3) is 5.91 Å². The van der Waals surface area contributed by atoms with E-state index in [0.717, 1.165) is 29.8 Å². The molecule has 1 aromatic heterocycles. The number of carbonyl (C=O) groups excluding carboxylic acids is 2. The Bertz CT molecular complexity index is 828. The molecule has 6 heteroatoms. The van der Waals surface area contributed by atoms with E-state index < -0.39 is 5.41 Å². The van der Waals surface area contributed by atoms with E-state index in [0.29, 0.717) is 18.8 Å². The standard InChI is InChI=1S/C18H20N4O2/c1-12-10-14(20-19-12)16(23)22-9-5-8-18(11-22)13-6-3-4-7-15(13)21(2)17(18)24/h3-4,6-7,10H,5,8-9,11H2,1-2H3,(H,19,20). The van der Waals surface area contributed by atoms with Crippen molar-refractivity contribution in [2.45, 2.75) is 25.2 Å². The third-order valence-electron chi connectivity index (χ3n) is 5.20. The second-order valence-corrected chi connectivity index (χ2v) is 6.73. The molecule has 0 bridgehead atoms. The number of likely N-dealkylation sites (N-methyl/N-ethyl adjacent to an activating group) is 1. The van der Waals surface area contributed by atoms with Crippen molar-refractivity contribution in [2.75, 3.05) is 25.0 Å². The van der Waals surface area contributed by atoms with E-state index in [9.17, 15) is 9.59 Å². The molecule has 2 aromatic rings. The van der Waals surface area contributed by atoms with E-state index in [2.05, 4.69) is 10.2 Å². The molecule has 2 aliphatic heterocycles. The van der Waals surface area contributed by atoms with Gasteiger partial charge in [0.1, 0.15) is 5.69 Å². The van der Waals surface area contributed by atoms with Crippen molar-refractivity contribution in [1.29, 1.82) is 0 Å². The van der Waals surface area contributed by atoms with Crippen LogP contribution < -0.4 is 4.90 Å². The minimum Gasteiger partial charge on any atom is -0.336 e. The van der Waals surface area contributed by atoms with Gasteiger partial charge in [0.15, 0.2) is 0 Å². The van der Waals surface area contributed by atoms with E-state index in [1.807, 2.05) is 38.2 Å².